The SMILES string of the molecule is O=C1O[C@@H](COP(=O)(O)O)CN1c1cc(F)c(-c2ccc(N3CCOC3=O)nc2)c(F)c1. The van der Waals surface area contributed by atoms with E-state index in [9.17, 15) is 22.9 Å². The second kappa shape index (κ2) is 8.43. The lowest BCUT2D eigenvalue weighted by atomic mass is 10.1. The summed E-state index contributed by atoms with van der Waals surface area (Å²) in [6.45, 7) is -0.273. The molecule has 0 saturated carbocycles. The average Bonchev–Trinajstić information content (AvgIpc) is 3.31. The number of phosphoric acid groups is 1. The Balaban J connectivity index is 1.53. The number of benzene rings is 1. The van der Waals surface area contributed by atoms with Crippen molar-refractivity contribution in [2.24, 2.45) is 0 Å². The van der Waals surface area contributed by atoms with Crippen LogP contribution < -0.4 is 9.80 Å². The van der Waals surface area contributed by atoms with Crippen molar-refractivity contribution in [2.75, 3.05) is 36.1 Å². The van der Waals surface area contributed by atoms with Crippen LogP contribution in [-0.2, 0) is 18.6 Å². The molecular weight excluding hydrogens is 455 g/mol. The van der Waals surface area contributed by atoms with Gasteiger partial charge in [-0.25, -0.2) is 27.9 Å². The molecule has 2 aliphatic rings. The number of hydrogen-bond acceptors (Lipinski definition) is 7. The van der Waals surface area contributed by atoms with E-state index in [1.54, 1.807) is 0 Å². The van der Waals surface area contributed by atoms with Gasteiger partial charge in [0.1, 0.15) is 30.2 Å². The highest BCUT2D eigenvalue weighted by atomic mass is 31.2. The Morgan fingerprint density at radius 2 is 1.88 bits per heavy atom. The van der Waals surface area contributed by atoms with Gasteiger partial charge in [-0.15, -0.1) is 0 Å². The van der Waals surface area contributed by atoms with Gasteiger partial charge < -0.3 is 19.3 Å². The summed E-state index contributed by atoms with van der Waals surface area (Å²) in [5, 5.41) is 0. The summed E-state index contributed by atoms with van der Waals surface area (Å²) >= 11 is 0. The first-order valence-electron chi connectivity index (χ1n) is 9.20. The van der Waals surface area contributed by atoms with Crippen LogP contribution in [0.25, 0.3) is 11.1 Å². The number of aromatic nitrogens is 1. The highest BCUT2D eigenvalue weighted by Gasteiger charge is 2.35. The Bertz CT molecular complexity index is 1090. The molecule has 2 aliphatic heterocycles. The first-order valence-corrected chi connectivity index (χ1v) is 10.7. The van der Waals surface area contributed by atoms with Crippen molar-refractivity contribution in [1.29, 1.82) is 0 Å². The normalized spacial score (nSPS) is 18.8. The van der Waals surface area contributed by atoms with E-state index in [1.807, 2.05) is 0 Å². The molecular formula is C18H16F2N3O8P. The van der Waals surface area contributed by atoms with Gasteiger partial charge in [-0.3, -0.25) is 14.3 Å². The van der Waals surface area contributed by atoms with Crippen molar-refractivity contribution in [3.05, 3.63) is 42.1 Å². The number of phosphoric ester groups is 1. The number of cyclic esters (lactones) is 2. The van der Waals surface area contributed by atoms with Crippen LogP contribution in [0.2, 0.25) is 0 Å². The monoisotopic (exact) mass is 471 g/mol. The van der Waals surface area contributed by atoms with Crippen molar-refractivity contribution < 1.29 is 46.7 Å². The lowest BCUT2D eigenvalue weighted by Gasteiger charge is -2.16. The summed E-state index contributed by atoms with van der Waals surface area (Å²) in [7, 11) is -4.76. The number of nitrogens with zero attached hydrogens (tertiary/aromatic N) is 3. The van der Waals surface area contributed by atoms with Gasteiger partial charge in [-0.05, 0) is 24.3 Å². The second-order valence-corrected chi connectivity index (χ2v) is 8.10. The van der Waals surface area contributed by atoms with Crippen molar-refractivity contribution >= 4 is 31.5 Å². The van der Waals surface area contributed by atoms with Crippen molar-refractivity contribution in [2.45, 2.75) is 6.10 Å². The topological polar surface area (TPSA) is 139 Å². The molecule has 2 fully saturated rings. The van der Waals surface area contributed by atoms with E-state index in [-0.39, 0.29) is 35.8 Å². The Kier molecular flexibility index (Phi) is 5.82. The lowest BCUT2D eigenvalue weighted by Crippen LogP contribution is -2.26. The predicted molar refractivity (Wildman–Crippen MR) is 104 cm³/mol. The maximum atomic E-state index is 14.8. The molecule has 2 amide bonds. The van der Waals surface area contributed by atoms with E-state index in [2.05, 4.69) is 9.51 Å². The number of carbonyl (C=O) groups is 2. The molecule has 1 aromatic heterocycles. The lowest BCUT2D eigenvalue weighted by molar-refractivity contribution is 0.0880. The maximum Gasteiger partial charge on any atom is 0.469 e. The molecule has 1 atom stereocenters. The van der Waals surface area contributed by atoms with Crippen molar-refractivity contribution in [3.63, 3.8) is 0 Å². The number of amides is 2. The fourth-order valence-corrected chi connectivity index (χ4v) is 3.65. The minimum Gasteiger partial charge on any atom is -0.447 e. The molecule has 4 rings (SSSR count). The Labute approximate surface area is 179 Å². The molecule has 32 heavy (non-hydrogen) atoms. The fourth-order valence-electron chi connectivity index (χ4n) is 3.29. The molecule has 11 nitrogen and oxygen atoms in total. The number of pyridine rings is 1. The molecule has 0 radical (unpaired) electrons. The van der Waals surface area contributed by atoms with E-state index in [1.165, 1.54) is 23.2 Å². The first kappa shape index (κ1) is 22.1. The van der Waals surface area contributed by atoms with E-state index in [0.29, 0.717) is 6.54 Å². The quantitative estimate of drug-likeness (QED) is 0.608. The van der Waals surface area contributed by atoms with Crippen LogP contribution in [0, 0.1) is 11.6 Å². The van der Waals surface area contributed by atoms with E-state index in [4.69, 9.17) is 19.3 Å². The maximum absolute atomic E-state index is 14.8. The summed E-state index contributed by atoms with van der Waals surface area (Å²) in [5.74, 6) is -1.67. The van der Waals surface area contributed by atoms with E-state index in [0.717, 1.165) is 17.0 Å². The highest BCUT2D eigenvalue weighted by Crippen LogP contribution is 2.37. The van der Waals surface area contributed by atoms with Crippen molar-refractivity contribution in [1.82, 2.24) is 4.98 Å². The molecule has 3 heterocycles. The van der Waals surface area contributed by atoms with Gasteiger partial charge in [0.05, 0.1) is 30.9 Å². The zero-order valence-corrected chi connectivity index (χ0v) is 17.1. The largest absolute Gasteiger partial charge is 0.469 e. The third-order valence-corrected chi connectivity index (χ3v) is 5.20. The van der Waals surface area contributed by atoms with Crippen LogP contribution in [0.4, 0.5) is 29.9 Å². The first-order chi connectivity index (χ1) is 15.1. The molecule has 1 aromatic carbocycles. The van der Waals surface area contributed by atoms with Gasteiger partial charge in [-0.1, -0.05) is 0 Å². The Morgan fingerprint density at radius 1 is 1.16 bits per heavy atom. The molecule has 2 saturated heterocycles. The summed E-state index contributed by atoms with van der Waals surface area (Å²) in [6, 6.07) is 4.68. The highest BCUT2D eigenvalue weighted by molar-refractivity contribution is 7.46. The number of hydrogen-bond donors (Lipinski definition) is 2. The third-order valence-electron chi connectivity index (χ3n) is 4.72. The molecule has 0 bridgehead atoms. The zero-order chi connectivity index (χ0) is 23.0. The molecule has 0 unspecified atom stereocenters. The summed E-state index contributed by atoms with van der Waals surface area (Å²) in [4.78, 5) is 47.4. The molecule has 0 aliphatic carbocycles. The average molecular weight is 471 g/mol. The van der Waals surface area contributed by atoms with Crippen molar-refractivity contribution in [3.8, 4) is 11.1 Å². The van der Waals surface area contributed by atoms with Gasteiger partial charge in [0.25, 0.3) is 0 Å². The van der Waals surface area contributed by atoms with Crippen LogP contribution >= 0.6 is 7.82 Å². The number of rotatable bonds is 6. The summed E-state index contributed by atoms with van der Waals surface area (Å²) in [6.07, 6.45) is -1.33. The molecule has 2 N–H and O–H groups in total. The fraction of sp³-hybridized carbons (Fsp3) is 0.278. The number of anilines is 2. The second-order valence-electron chi connectivity index (χ2n) is 6.86. The van der Waals surface area contributed by atoms with E-state index < -0.39 is 44.4 Å². The van der Waals surface area contributed by atoms with Crippen LogP contribution in [0.15, 0.2) is 30.5 Å². The van der Waals surface area contributed by atoms with Crippen LogP contribution in [0.5, 0.6) is 0 Å². The standard InChI is InChI=1S/C18H16F2N3O8P/c19-13-5-11(23-8-12(31-18(23)25)9-30-32(26,27)28)6-14(20)16(13)10-1-2-15(21-7-10)22-3-4-29-17(22)24/h1-2,5-7,12H,3-4,8-9H2,(H2,26,27,28)/t12-/m1/s1. The minimum absolute atomic E-state index is 0.111. The number of carbonyl (C=O) groups excluding carboxylic acids is 2. The molecule has 2 aromatic rings. The third kappa shape index (κ3) is 4.55. The Morgan fingerprint density at radius 3 is 2.44 bits per heavy atom. The van der Waals surface area contributed by atoms with Crippen LogP contribution in [-0.4, -0.2) is 59.4 Å². The van der Waals surface area contributed by atoms with Crippen LogP contribution in [0.1, 0.15) is 0 Å². The van der Waals surface area contributed by atoms with Gasteiger partial charge >= 0.3 is 20.0 Å². The van der Waals surface area contributed by atoms with Gasteiger partial charge in [0.2, 0.25) is 0 Å². The molecule has 14 heteroatoms. The zero-order valence-electron chi connectivity index (χ0n) is 16.2. The smallest absolute Gasteiger partial charge is 0.447 e. The molecule has 0 spiro atoms. The van der Waals surface area contributed by atoms with Gasteiger partial charge in [0, 0.05) is 11.8 Å². The molecule has 170 valence electrons. The van der Waals surface area contributed by atoms with Gasteiger partial charge in [0.15, 0.2) is 0 Å². The summed E-state index contributed by atoms with van der Waals surface area (Å²) < 4.78 is 54.4. The van der Waals surface area contributed by atoms with Gasteiger partial charge in [-0.2, -0.15) is 0 Å². The number of ether oxygens (including phenoxy) is 2. The van der Waals surface area contributed by atoms with Crippen LogP contribution in [0.3, 0.4) is 0 Å². The number of halogens is 2. The van der Waals surface area contributed by atoms with E-state index >= 15 is 0 Å². The predicted octanol–water partition coefficient (Wildman–Crippen LogP) is 2.42. The Hall–Kier alpha value is -3.12. The minimum atomic E-state index is -4.76. The summed E-state index contributed by atoms with van der Waals surface area (Å²) in [5.41, 5.74) is -0.414.